The van der Waals surface area contributed by atoms with Gasteiger partial charge in [0.25, 0.3) is 0 Å². The predicted molar refractivity (Wildman–Crippen MR) is 56.2 cm³/mol. The van der Waals surface area contributed by atoms with Crippen LogP contribution in [-0.4, -0.2) is 35.1 Å². The van der Waals surface area contributed by atoms with Gasteiger partial charge in [-0.3, -0.25) is 0 Å². The number of carbonyl (C=O) groups is 1. The monoisotopic (exact) mass is 197 g/mol. The summed E-state index contributed by atoms with van der Waals surface area (Å²) < 4.78 is 0. The van der Waals surface area contributed by atoms with Crippen molar-refractivity contribution in [3.63, 3.8) is 0 Å². The Bertz CT molecular complexity index is 215. The summed E-state index contributed by atoms with van der Waals surface area (Å²) in [6.07, 6.45) is 5.28. The molecule has 1 rings (SSSR count). The fourth-order valence-corrected chi connectivity index (χ4v) is 1.85. The van der Waals surface area contributed by atoms with Crippen molar-refractivity contribution >= 4 is 5.97 Å². The van der Waals surface area contributed by atoms with Crippen LogP contribution in [0.4, 0.5) is 0 Å². The van der Waals surface area contributed by atoms with E-state index in [1.807, 2.05) is 6.08 Å². The van der Waals surface area contributed by atoms with Crippen LogP contribution < -0.4 is 0 Å². The lowest BCUT2D eigenvalue weighted by atomic mass is 9.95. The van der Waals surface area contributed by atoms with Crippen LogP contribution in [0.3, 0.4) is 0 Å². The number of hydrogen-bond donors (Lipinski definition) is 1. The highest BCUT2D eigenvalue weighted by atomic mass is 16.4. The molecule has 0 saturated carbocycles. The van der Waals surface area contributed by atoms with Gasteiger partial charge in [0.1, 0.15) is 0 Å². The standard InChI is InChI=1S/C11H19NO2/c1-9(2)12-7-5-10(6-8-12)3-4-11(13)14/h3-4,9-10H,5-8H2,1-2H3,(H,13,14)/b4-3-. The van der Waals surface area contributed by atoms with Gasteiger partial charge in [0.2, 0.25) is 0 Å². The fourth-order valence-electron chi connectivity index (χ4n) is 1.85. The van der Waals surface area contributed by atoms with E-state index in [0.717, 1.165) is 25.9 Å². The van der Waals surface area contributed by atoms with Crippen LogP contribution >= 0.6 is 0 Å². The lowest BCUT2D eigenvalue weighted by Crippen LogP contribution is -2.38. The second-order valence-electron chi connectivity index (χ2n) is 4.16. The van der Waals surface area contributed by atoms with Crippen molar-refractivity contribution in [2.45, 2.75) is 32.7 Å². The van der Waals surface area contributed by atoms with E-state index in [0.29, 0.717) is 12.0 Å². The molecule has 0 unspecified atom stereocenters. The quantitative estimate of drug-likeness (QED) is 0.701. The van der Waals surface area contributed by atoms with Crippen molar-refractivity contribution in [3.05, 3.63) is 12.2 Å². The average molecular weight is 197 g/mol. The zero-order valence-electron chi connectivity index (χ0n) is 8.94. The first-order valence-corrected chi connectivity index (χ1v) is 5.24. The van der Waals surface area contributed by atoms with Crippen molar-refractivity contribution in [2.24, 2.45) is 5.92 Å². The van der Waals surface area contributed by atoms with Gasteiger partial charge in [0.05, 0.1) is 0 Å². The number of rotatable bonds is 3. The van der Waals surface area contributed by atoms with Crippen molar-refractivity contribution < 1.29 is 9.90 Å². The van der Waals surface area contributed by atoms with E-state index in [4.69, 9.17) is 5.11 Å². The maximum absolute atomic E-state index is 10.3. The lowest BCUT2D eigenvalue weighted by molar-refractivity contribution is -0.131. The maximum atomic E-state index is 10.3. The first-order valence-electron chi connectivity index (χ1n) is 5.24. The summed E-state index contributed by atoms with van der Waals surface area (Å²) in [6.45, 7) is 6.58. The Morgan fingerprint density at radius 1 is 1.43 bits per heavy atom. The van der Waals surface area contributed by atoms with Crippen molar-refractivity contribution in [3.8, 4) is 0 Å². The number of hydrogen-bond acceptors (Lipinski definition) is 2. The van der Waals surface area contributed by atoms with Crippen LogP contribution in [0.25, 0.3) is 0 Å². The zero-order valence-corrected chi connectivity index (χ0v) is 8.94. The molecule has 3 heteroatoms. The molecule has 1 aliphatic heterocycles. The molecule has 0 aromatic heterocycles. The summed E-state index contributed by atoms with van der Waals surface area (Å²) >= 11 is 0. The topological polar surface area (TPSA) is 40.5 Å². The molecule has 1 N–H and O–H groups in total. The van der Waals surface area contributed by atoms with Crippen molar-refractivity contribution in [2.75, 3.05) is 13.1 Å². The smallest absolute Gasteiger partial charge is 0.327 e. The minimum absolute atomic E-state index is 0.459. The summed E-state index contributed by atoms with van der Waals surface area (Å²) in [4.78, 5) is 12.8. The van der Waals surface area contributed by atoms with Crippen molar-refractivity contribution in [1.82, 2.24) is 4.90 Å². The Morgan fingerprint density at radius 2 is 2.00 bits per heavy atom. The molecule has 14 heavy (non-hydrogen) atoms. The molecular formula is C11H19NO2. The third-order valence-electron chi connectivity index (χ3n) is 2.82. The van der Waals surface area contributed by atoms with Gasteiger partial charge in [-0.2, -0.15) is 0 Å². The number of piperidine rings is 1. The van der Waals surface area contributed by atoms with Crippen LogP contribution in [-0.2, 0) is 4.79 Å². The zero-order chi connectivity index (χ0) is 10.6. The molecule has 0 atom stereocenters. The molecule has 0 aromatic rings. The lowest BCUT2D eigenvalue weighted by Gasteiger charge is -2.33. The van der Waals surface area contributed by atoms with E-state index in [-0.39, 0.29) is 0 Å². The molecule has 1 fully saturated rings. The Labute approximate surface area is 85.4 Å². The highest BCUT2D eigenvalue weighted by molar-refractivity contribution is 5.79. The molecule has 0 spiro atoms. The van der Waals surface area contributed by atoms with Gasteiger partial charge in [0, 0.05) is 12.1 Å². The highest BCUT2D eigenvalue weighted by Gasteiger charge is 2.18. The van der Waals surface area contributed by atoms with Crippen LogP contribution in [0.15, 0.2) is 12.2 Å². The normalized spacial score (nSPS) is 20.8. The Morgan fingerprint density at radius 3 is 2.43 bits per heavy atom. The first kappa shape index (κ1) is 11.2. The summed E-state index contributed by atoms with van der Waals surface area (Å²) in [5.74, 6) is -0.377. The molecule has 0 aromatic carbocycles. The predicted octanol–water partition coefficient (Wildman–Crippen LogP) is 1.75. The number of aliphatic carboxylic acids is 1. The van der Waals surface area contributed by atoms with E-state index in [1.165, 1.54) is 6.08 Å². The van der Waals surface area contributed by atoms with Gasteiger partial charge >= 0.3 is 5.97 Å². The van der Waals surface area contributed by atoms with Gasteiger partial charge in [0.15, 0.2) is 0 Å². The van der Waals surface area contributed by atoms with Crippen molar-refractivity contribution in [1.29, 1.82) is 0 Å². The molecular weight excluding hydrogens is 178 g/mol. The van der Waals surface area contributed by atoms with Gasteiger partial charge < -0.3 is 10.0 Å². The van der Waals surface area contributed by atoms with E-state index in [2.05, 4.69) is 18.7 Å². The molecule has 0 amide bonds. The minimum atomic E-state index is -0.837. The average Bonchev–Trinajstić information content (AvgIpc) is 2.15. The van der Waals surface area contributed by atoms with E-state index < -0.39 is 5.97 Å². The number of allylic oxidation sites excluding steroid dienone is 1. The summed E-state index contributed by atoms with van der Waals surface area (Å²) in [5, 5.41) is 8.49. The maximum Gasteiger partial charge on any atom is 0.327 e. The van der Waals surface area contributed by atoms with E-state index in [9.17, 15) is 4.79 Å². The van der Waals surface area contributed by atoms with E-state index in [1.54, 1.807) is 0 Å². The van der Waals surface area contributed by atoms with E-state index >= 15 is 0 Å². The molecule has 1 aliphatic rings. The van der Waals surface area contributed by atoms with Crippen LogP contribution in [0.1, 0.15) is 26.7 Å². The Kier molecular flexibility index (Phi) is 4.14. The molecule has 1 saturated heterocycles. The summed E-state index contributed by atoms with van der Waals surface area (Å²) in [6, 6.07) is 0.611. The Balaban J connectivity index is 2.32. The molecule has 80 valence electrons. The third-order valence-corrected chi connectivity index (χ3v) is 2.82. The fraction of sp³-hybridized carbons (Fsp3) is 0.727. The van der Waals surface area contributed by atoms with Gasteiger partial charge in [-0.1, -0.05) is 6.08 Å². The summed E-state index contributed by atoms with van der Waals surface area (Å²) in [5.41, 5.74) is 0. The van der Waals surface area contributed by atoms with Gasteiger partial charge in [-0.25, -0.2) is 4.79 Å². The second-order valence-corrected chi connectivity index (χ2v) is 4.16. The van der Waals surface area contributed by atoms with Crippen LogP contribution in [0.2, 0.25) is 0 Å². The SMILES string of the molecule is CC(C)N1CCC(/C=C\C(=O)O)CC1. The molecule has 0 bridgehead atoms. The minimum Gasteiger partial charge on any atom is -0.478 e. The highest BCUT2D eigenvalue weighted by Crippen LogP contribution is 2.19. The third kappa shape index (κ3) is 3.50. The van der Waals surface area contributed by atoms with Crippen LogP contribution in [0.5, 0.6) is 0 Å². The number of carboxylic acids is 1. The summed E-state index contributed by atoms with van der Waals surface area (Å²) in [7, 11) is 0. The van der Waals surface area contributed by atoms with Crippen LogP contribution in [0, 0.1) is 5.92 Å². The van der Waals surface area contributed by atoms with Gasteiger partial charge in [-0.05, 0) is 45.7 Å². The number of likely N-dealkylation sites (tertiary alicyclic amines) is 1. The molecule has 0 radical (unpaired) electrons. The van der Waals surface area contributed by atoms with Gasteiger partial charge in [-0.15, -0.1) is 0 Å². The molecule has 0 aliphatic carbocycles. The Hall–Kier alpha value is -0.830. The molecule has 3 nitrogen and oxygen atoms in total. The number of carboxylic acid groups (broad SMARTS) is 1. The molecule has 1 heterocycles. The largest absolute Gasteiger partial charge is 0.478 e. The second kappa shape index (κ2) is 5.15. The first-order chi connectivity index (χ1) is 6.59. The number of nitrogens with zero attached hydrogens (tertiary/aromatic N) is 1.